The van der Waals surface area contributed by atoms with Gasteiger partial charge in [-0.3, -0.25) is 9.59 Å². The third-order valence-corrected chi connectivity index (χ3v) is 11.3. The number of benzene rings is 2. The maximum atomic E-state index is 13.7. The summed E-state index contributed by atoms with van der Waals surface area (Å²) < 4.78 is 0. The van der Waals surface area contributed by atoms with E-state index in [0.717, 1.165) is 11.1 Å². The van der Waals surface area contributed by atoms with Gasteiger partial charge in [-0.25, -0.2) is 0 Å². The van der Waals surface area contributed by atoms with Gasteiger partial charge >= 0.3 is 0 Å². The number of carbonyl (C=O) groups excluding carboxylic acids is 2. The molecule has 0 fully saturated rings. The monoisotopic (exact) mass is 468 g/mol. The van der Waals surface area contributed by atoms with E-state index < -0.39 is 16.1 Å². The van der Waals surface area contributed by atoms with E-state index in [9.17, 15) is 9.59 Å². The lowest BCUT2D eigenvalue weighted by Gasteiger charge is -2.41. The van der Waals surface area contributed by atoms with E-state index in [1.54, 1.807) is 0 Å². The van der Waals surface area contributed by atoms with Crippen LogP contribution >= 0.6 is 0 Å². The van der Waals surface area contributed by atoms with Crippen LogP contribution in [0.2, 0.25) is 50.4 Å². The Morgan fingerprint density at radius 1 is 0.594 bits per heavy atom. The van der Waals surface area contributed by atoms with Crippen LogP contribution in [0.25, 0.3) is 0 Å². The molecule has 0 radical (unpaired) electrons. The summed E-state index contributed by atoms with van der Waals surface area (Å²) >= 11 is 0. The Labute approximate surface area is 196 Å². The number of hydrogen-bond donors (Lipinski definition) is 2. The van der Waals surface area contributed by atoms with Gasteiger partial charge < -0.3 is 10.6 Å². The van der Waals surface area contributed by atoms with E-state index >= 15 is 0 Å². The van der Waals surface area contributed by atoms with Gasteiger partial charge in [-0.2, -0.15) is 0 Å². The number of amides is 2. The number of nitrogens with one attached hydrogen (secondary N) is 2. The van der Waals surface area contributed by atoms with E-state index in [1.165, 1.54) is 0 Å². The van der Waals surface area contributed by atoms with Crippen molar-refractivity contribution in [1.82, 2.24) is 10.6 Å². The largest absolute Gasteiger partial charge is 0.350 e. The molecule has 2 aromatic carbocycles. The van der Waals surface area contributed by atoms with Crippen LogP contribution in [0, 0.1) is 0 Å². The molecular weight excluding hydrogens is 428 g/mol. The molecule has 0 aliphatic heterocycles. The van der Waals surface area contributed by atoms with Crippen LogP contribution in [0.5, 0.6) is 0 Å². The van der Waals surface area contributed by atoms with Crippen LogP contribution in [-0.2, 0) is 9.59 Å². The molecule has 2 amide bonds. The first-order valence-electron chi connectivity index (χ1n) is 11.5. The standard InChI is InChI=1S/C26H40N2O2Si2/c1-19(21-15-11-9-12-16-21)27-25(29)23(31(3,4)5)24(32(6,7)8)26(30)28-20(2)22-17-13-10-14-18-22/h9-20,23-24H,1-8H3,(H,27,29)(H,28,30)/t19-,20-,23+,24+/m1/s1. The third-order valence-electron chi connectivity index (χ3n) is 6.08. The molecule has 0 aliphatic carbocycles. The van der Waals surface area contributed by atoms with Crippen LogP contribution in [0.1, 0.15) is 37.1 Å². The molecular formula is C26H40N2O2Si2. The highest BCUT2D eigenvalue weighted by atomic mass is 28.3. The summed E-state index contributed by atoms with van der Waals surface area (Å²) in [5, 5.41) is 6.47. The zero-order valence-electron chi connectivity index (χ0n) is 20.9. The minimum absolute atomic E-state index is 0.00968. The van der Waals surface area contributed by atoms with Crippen LogP contribution in [-0.4, -0.2) is 28.0 Å². The SMILES string of the molecule is C[C@@H](NC(=O)[C@H]([C@@H](C(=O)N[C@H](C)c1ccccc1)[Si](C)(C)C)[Si](C)(C)C)c1ccccc1. The molecule has 32 heavy (non-hydrogen) atoms. The Morgan fingerprint density at radius 2 is 0.875 bits per heavy atom. The van der Waals surface area contributed by atoms with Gasteiger partial charge in [-0.1, -0.05) is 99.9 Å². The molecule has 4 atom stereocenters. The second-order valence-electron chi connectivity index (χ2n) is 11.0. The molecule has 174 valence electrons. The van der Waals surface area contributed by atoms with Crippen molar-refractivity contribution in [3.8, 4) is 0 Å². The Morgan fingerprint density at radius 3 is 1.12 bits per heavy atom. The zero-order valence-corrected chi connectivity index (χ0v) is 22.9. The smallest absolute Gasteiger partial charge is 0.221 e. The molecule has 0 unspecified atom stereocenters. The Hall–Kier alpha value is -2.19. The summed E-state index contributed by atoms with van der Waals surface area (Å²) in [6, 6.07) is 19.8. The second-order valence-corrected chi connectivity index (χ2v) is 21.7. The molecule has 0 heterocycles. The van der Waals surface area contributed by atoms with Crippen molar-refractivity contribution in [2.45, 2.75) is 76.3 Å². The first-order chi connectivity index (χ1) is 14.8. The van der Waals surface area contributed by atoms with Crippen LogP contribution in [0.3, 0.4) is 0 Å². The average molecular weight is 469 g/mol. The van der Waals surface area contributed by atoms with E-state index in [2.05, 4.69) is 49.9 Å². The van der Waals surface area contributed by atoms with Gasteiger partial charge in [-0.05, 0) is 25.0 Å². The third kappa shape index (κ3) is 6.91. The summed E-state index contributed by atoms with van der Waals surface area (Å²) in [5.41, 5.74) is 1.57. The maximum absolute atomic E-state index is 13.7. The van der Waals surface area contributed by atoms with Gasteiger partial charge in [-0.15, -0.1) is 0 Å². The summed E-state index contributed by atoms with van der Waals surface area (Å²) in [7, 11) is -4.04. The molecule has 0 aliphatic rings. The normalized spacial score (nSPS) is 15.9. The molecule has 2 N–H and O–H groups in total. The zero-order chi connectivity index (χ0) is 24.1. The van der Waals surface area contributed by atoms with E-state index in [-0.39, 0.29) is 35.0 Å². The highest BCUT2D eigenvalue weighted by Crippen LogP contribution is 2.42. The molecule has 0 spiro atoms. The molecule has 4 nitrogen and oxygen atoms in total. The summed E-state index contributed by atoms with van der Waals surface area (Å²) in [6.45, 7) is 17.2. The van der Waals surface area contributed by atoms with E-state index in [4.69, 9.17) is 0 Å². The first kappa shape index (κ1) is 26.1. The fourth-order valence-electron chi connectivity index (χ4n) is 4.35. The van der Waals surface area contributed by atoms with Gasteiger partial charge in [0.2, 0.25) is 11.8 Å². The van der Waals surface area contributed by atoms with Crippen molar-refractivity contribution in [2.24, 2.45) is 0 Å². The summed E-state index contributed by atoms with van der Waals surface area (Å²) in [5.74, 6) is 0.0194. The topological polar surface area (TPSA) is 58.2 Å². The minimum atomic E-state index is -2.02. The number of carbonyl (C=O) groups is 2. The highest BCUT2D eigenvalue weighted by molar-refractivity contribution is 6.87. The molecule has 6 heteroatoms. The van der Waals surface area contributed by atoms with Crippen molar-refractivity contribution in [1.29, 1.82) is 0 Å². The molecule has 0 bridgehead atoms. The fraction of sp³-hybridized carbons (Fsp3) is 0.462. The predicted octanol–water partition coefficient (Wildman–Crippen LogP) is 6.16. The van der Waals surface area contributed by atoms with Crippen molar-refractivity contribution >= 4 is 28.0 Å². The fourth-order valence-corrected chi connectivity index (χ4v) is 11.4. The lowest BCUT2D eigenvalue weighted by Crippen LogP contribution is -2.53. The van der Waals surface area contributed by atoms with Crippen molar-refractivity contribution in [3.63, 3.8) is 0 Å². The van der Waals surface area contributed by atoms with E-state index in [0.29, 0.717) is 0 Å². The van der Waals surface area contributed by atoms with Crippen LogP contribution in [0.15, 0.2) is 60.7 Å². The quantitative estimate of drug-likeness (QED) is 0.433. The first-order valence-corrected chi connectivity index (χ1v) is 18.7. The lowest BCUT2D eigenvalue weighted by atomic mass is 10.1. The number of hydrogen-bond acceptors (Lipinski definition) is 2. The van der Waals surface area contributed by atoms with Gasteiger partial charge in [0.05, 0.1) is 28.2 Å². The maximum Gasteiger partial charge on any atom is 0.221 e. The van der Waals surface area contributed by atoms with Gasteiger partial charge in [0, 0.05) is 11.1 Å². The molecule has 0 saturated carbocycles. The Kier molecular flexibility index (Phi) is 8.65. The highest BCUT2D eigenvalue weighted by Gasteiger charge is 2.49. The van der Waals surface area contributed by atoms with Gasteiger partial charge in [0.1, 0.15) is 0 Å². The van der Waals surface area contributed by atoms with Gasteiger partial charge in [0.15, 0.2) is 0 Å². The van der Waals surface area contributed by atoms with Crippen LogP contribution < -0.4 is 10.6 Å². The molecule has 0 saturated heterocycles. The Bertz CT molecular complexity index is 814. The lowest BCUT2D eigenvalue weighted by molar-refractivity contribution is -0.127. The molecule has 0 aromatic heterocycles. The van der Waals surface area contributed by atoms with Crippen molar-refractivity contribution < 1.29 is 9.59 Å². The summed E-state index contributed by atoms with van der Waals surface area (Å²) in [4.78, 5) is 27.4. The minimum Gasteiger partial charge on any atom is -0.350 e. The molecule has 2 aromatic rings. The van der Waals surface area contributed by atoms with Crippen molar-refractivity contribution in [3.05, 3.63) is 71.8 Å². The average Bonchev–Trinajstić information content (AvgIpc) is 2.71. The molecule has 2 rings (SSSR count). The van der Waals surface area contributed by atoms with E-state index in [1.807, 2.05) is 74.5 Å². The van der Waals surface area contributed by atoms with Crippen LogP contribution in [0.4, 0.5) is 0 Å². The second kappa shape index (κ2) is 10.6. The Balaban J connectivity index is 2.32. The number of rotatable bonds is 9. The van der Waals surface area contributed by atoms with Crippen molar-refractivity contribution in [2.75, 3.05) is 0 Å². The predicted molar refractivity (Wildman–Crippen MR) is 140 cm³/mol. The summed E-state index contributed by atoms with van der Waals surface area (Å²) in [6.07, 6.45) is 0. The van der Waals surface area contributed by atoms with Gasteiger partial charge in [0.25, 0.3) is 0 Å².